The second-order valence-electron chi connectivity index (χ2n) is 2.44. The van der Waals surface area contributed by atoms with Gasteiger partial charge in [0.2, 0.25) is 13.4 Å². The van der Waals surface area contributed by atoms with E-state index < -0.39 is 8.00 Å². The highest BCUT2D eigenvalue weighted by Gasteiger charge is 2.22. The van der Waals surface area contributed by atoms with E-state index in [1.165, 1.54) is 5.49 Å². The molecule has 0 N–H and O–H groups in total. The number of morpholine rings is 1. The van der Waals surface area contributed by atoms with Crippen LogP contribution in [0.5, 0.6) is 0 Å². The van der Waals surface area contributed by atoms with Gasteiger partial charge in [-0.2, -0.15) is 4.52 Å². The van der Waals surface area contributed by atoms with Crippen LogP contribution in [0.2, 0.25) is 0 Å². The number of ether oxygens (including phenoxy) is 1. The van der Waals surface area contributed by atoms with Gasteiger partial charge in [-0.25, -0.2) is 0 Å². The summed E-state index contributed by atoms with van der Waals surface area (Å²) in [5.41, 5.74) is 2.13. The molecule has 0 aromatic heterocycles. The van der Waals surface area contributed by atoms with Crippen LogP contribution in [0.4, 0.5) is 0 Å². The topological polar surface area (TPSA) is 44.8 Å². The van der Waals surface area contributed by atoms with Crippen LogP contribution in [0.25, 0.3) is 0 Å². The van der Waals surface area contributed by atoms with Gasteiger partial charge in [0.25, 0.3) is 0 Å². The third-order valence-corrected chi connectivity index (χ3v) is 3.18. The summed E-state index contributed by atoms with van der Waals surface area (Å²) in [6.07, 6.45) is 0. The molecule has 13 heavy (non-hydrogen) atoms. The highest BCUT2D eigenvalue weighted by molar-refractivity contribution is 7.78. The fraction of sp³-hybridized carbons (Fsp3) is 0.714. The van der Waals surface area contributed by atoms with Crippen LogP contribution in [-0.4, -0.2) is 42.2 Å². The van der Waals surface area contributed by atoms with Crippen molar-refractivity contribution in [1.29, 1.82) is 0 Å². The smallest absolute Gasteiger partial charge is 0.247 e. The lowest BCUT2D eigenvalue weighted by Gasteiger charge is -2.23. The summed E-state index contributed by atoms with van der Waals surface area (Å²) in [6, 6.07) is 0. The quantitative estimate of drug-likeness (QED) is 0.500. The number of hydrogen-bond donors (Lipinski definition) is 0. The molecule has 1 unspecified atom stereocenters. The van der Waals surface area contributed by atoms with E-state index in [-0.39, 0.29) is 0 Å². The van der Waals surface area contributed by atoms with Crippen LogP contribution in [0.15, 0.2) is 0 Å². The molecule has 1 fully saturated rings. The van der Waals surface area contributed by atoms with Crippen molar-refractivity contribution in [2.45, 2.75) is 6.92 Å². The Morgan fingerprint density at radius 2 is 2.62 bits per heavy atom. The van der Waals surface area contributed by atoms with Gasteiger partial charge in [0, 0.05) is 0 Å². The fourth-order valence-corrected chi connectivity index (χ4v) is 2.26. The van der Waals surface area contributed by atoms with E-state index in [1.54, 1.807) is 11.8 Å². The van der Waals surface area contributed by atoms with E-state index in [4.69, 9.17) is 21.5 Å². The number of rotatable bonds is 3. The molecule has 1 aliphatic heterocycles. The Morgan fingerprint density at radius 1 is 1.85 bits per heavy atom. The van der Waals surface area contributed by atoms with Gasteiger partial charge >= 0.3 is 0 Å². The maximum atomic E-state index is 11.5. The molecular weight excluding hydrogens is 209 g/mol. The van der Waals surface area contributed by atoms with Gasteiger partial charge in [-0.3, -0.25) is 0 Å². The molecule has 1 aliphatic rings. The molecule has 0 aliphatic carbocycles. The van der Waals surface area contributed by atoms with E-state index in [9.17, 15) is 4.89 Å². The first-order valence-electron chi connectivity index (χ1n) is 4.05. The Kier molecular flexibility index (Phi) is 4.77. The summed E-state index contributed by atoms with van der Waals surface area (Å²) in [4.78, 5) is 13.2. The van der Waals surface area contributed by atoms with Crippen LogP contribution in [0.3, 0.4) is 0 Å². The summed E-state index contributed by atoms with van der Waals surface area (Å²) in [5, 5.41) is 0. The molecule has 1 heterocycles. The van der Waals surface area contributed by atoms with Gasteiger partial charge in [-0.05, 0) is 6.92 Å². The van der Waals surface area contributed by atoms with Crippen molar-refractivity contribution >= 4 is 31.1 Å². The number of thiocarbonyl (C=S) groups is 1. The average molecular weight is 221 g/mol. The van der Waals surface area contributed by atoms with E-state index in [1.807, 2.05) is 0 Å². The second-order valence-corrected chi connectivity index (χ2v) is 3.94. The zero-order valence-electron chi connectivity index (χ0n) is 7.43. The molecular formula is C7H12NO3PS. The third kappa shape index (κ3) is 2.97. The fourth-order valence-electron chi connectivity index (χ4n) is 1.00. The first-order valence-corrected chi connectivity index (χ1v) is 5.70. The minimum atomic E-state index is -1.77. The predicted octanol–water partition coefficient (Wildman–Crippen LogP) is 0.114. The van der Waals surface area contributed by atoms with Crippen LogP contribution in [-0.2, 0) is 9.26 Å². The number of nitrogens with zero attached hydrogens (tertiary/aromatic N) is 1. The zero-order valence-corrected chi connectivity index (χ0v) is 9.14. The number of hydrogen-bond acceptors (Lipinski definition) is 4. The molecule has 0 aromatic carbocycles. The van der Waals surface area contributed by atoms with E-state index in [0.717, 1.165) is 0 Å². The Morgan fingerprint density at radius 3 is 3.23 bits per heavy atom. The van der Waals surface area contributed by atoms with Crippen molar-refractivity contribution in [3.63, 3.8) is 0 Å². The molecule has 1 rings (SSSR count). The van der Waals surface area contributed by atoms with Crippen LogP contribution in [0.1, 0.15) is 6.92 Å². The van der Waals surface area contributed by atoms with Gasteiger partial charge in [0.1, 0.15) is 6.61 Å². The Balaban J connectivity index is 2.72. The molecule has 1 saturated heterocycles. The Labute approximate surface area is 84.0 Å². The highest BCUT2D eigenvalue weighted by Crippen LogP contribution is 2.19. The van der Waals surface area contributed by atoms with Gasteiger partial charge in [0.15, 0.2) is 0 Å². The van der Waals surface area contributed by atoms with Crippen molar-refractivity contribution in [3.8, 4) is 0 Å². The van der Waals surface area contributed by atoms with Gasteiger partial charge < -0.3 is 14.5 Å². The first kappa shape index (κ1) is 11.0. The molecule has 0 spiro atoms. The van der Waals surface area contributed by atoms with Crippen molar-refractivity contribution in [1.82, 2.24) is 4.90 Å². The molecule has 0 saturated carbocycles. The molecule has 0 aromatic rings. The van der Waals surface area contributed by atoms with Gasteiger partial charge in [-0.1, -0.05) is 12.2 Å². The van der Waals surface area contributed by atoms with Gasteiger partial charge in [-0.15, -0.1) is 0 Å². The standard InChI is InChI=1S/C7H12NO3PS/c1-2-11-12(9)7-5-10-4-3-8(7)6-13/h6H,2-5H2,1H3. The highest BCUT2D eigenvalue weighted by atomic mass is 32.1. The lowest BCUT2D eigenvalue weighted by atomic mass is 10.5. The largest absolute Gasteiger partial charge is 0.601 e. The van der Waals surface area contributed by atoms with Crippen molar-refractivity contribution < 1.29 is 14.2 Å². The summed E-state index contributed by atoms with van der Waals surface area (Å²) in [7, 11) is -1.77. The van der Waals surface area contributed by atoms with Crippen LogP contribution >= 0.6 is 20.2 Å². The maximum Gasteiger partial charge on any atom is 0.247 e. The monoisotopic (exact) mass is 221 g/mol. The first-order chi connectivity index (χ1) is 6.29. The molecule has 0 radical (unpaired) electrons. The van der Waals surface area contributed by atoms with Crippen molar-refractivity contribution in [2.24, 2.45) is 0 Å². The zero-order chi connectivity index (χ0) is 9.68. The summed E-state index contributed by atoms with van der Waals surface area (Å²) >= 11 is 4.79. The van der Waals surface area contributed by atoms with Crippen LogP contribution < -0.4 is 4.89 Å². The summed E-state index contributed by atoms with van der Waals surface area (Å²) in [5.74, 6) is 0. The lowest BCUT2D eigenvalue weighted by Crippen LogP contribution is -2.40. The minimum Gasteiger partial charge on any atom is -0.601 e. The molecule has 0 bridgehead atoms. The molecule has 1 atom stereocenters. The maximum absolute atomic E-state index is 11.5. The van der Waals surface area contributed by atoms with Crippen molar-refractivity contribution in [2.75, 3.05) is 26.4 Å². The lowest BCUT2D eigenvalue weighted by molar-refractivity contribution is -0.172. The summed E-state index contributed by atoms with van der Waals surface area (Å²) < 4.78 is 10.2. The normalized spacial score (nSPS) is 21.5. The van der Waals surface area contributed by atoms with E-state index >= 15 is 0 Å². The molecule has 4 nitrogen and oxygen atoms in total. The van der Waals surface area contributed by atoms with E-state index in [2.05, 4.69) is 0 Å². The van der Waals surface area contributed by atoms with Crippen molar-refractivity contribution in [3.05, 3.63) is 0 Å². The molecule has 6 heteroatoms. The van der Waals surface area contributed by atoms with Gasteiger partial charge in [0.05, 0.1) is 25.2 Å². The average Bonchev–Trinajstić information content (AvgIpc) is 2.18. The molecule has 74 valence electrons. The second kappa shape index (κ2) is 5.62. The predicted molar refractivity (Wildman–Crippen MR) is 54.7 cm³/mol. The SMILES string of the molecule is CCO[P+]([O-])=C1COCCN1C=S. The van der Waals surface area contributed by atoms with E-state index in [0.29, 0.717) is 31.8 Å². The Bertz CT molecular complexity index is 222. The Hall–Kier alpha value is -0.0600. The summed E-state index contributed by atoms with van der Waals surface area (Å²) in [6.45, 7) is 3.87. The third-order valence-electron chi connectivity index (χ3n) is 1.62. The molecule has 0 amide bonds. The van der Waals surface area contributed by atoms with Crippen LogP contribution in [0, 0.1) is 0 Å². The minimum absolute atomic E-state index is 0.350.